The van der Waals surface area contributed by atoms with Gasteiger partial charge in [-0.05, 0) is 95.7 Å². The molecule has 0 radical (unpaired) electrons. The molecule has 0 unspecified atom stereocenters. The van der Waals surface area contributed by atoms with Gasteiger partial charge in [0.1, 0.15) is 0 Å². The van der Waals surface area contributed by atoms with Gasteiger partial charge in [-0.25, -0.2) is 0 Å². The molecule has 42 heavy (non-hydrogen) atoms. The minimum absolute atomic E-state index is 0.0278. The third kappa shape index (κ3) is 6.21. The van der Waals surface area contributed by atoms with Crippen LogP contribution in [-0.4, -0.2) is 0 Å². The van der Waals surface area contributed by atoms with E-state index in [1.807, 2.05) is 0 Å². The summed E-state index contributed by atoms with van der Waals surface area (Å²) < 4.78 is 0. The molecular formula is C41H45N. The van der Waals surface area contributed by atoms with Crippen LogP contribution in [0.2, 0.25) is 0 Å². The zero-order chi connectivity index (χ0) is 30.3. The van der Waals surface area contributed by atoms with E-state index in [-0.39, 0.29) is 11.8 Å². The third-order valence-electron chi connectivity index (χ3n) is 8.32. The molecule has 1 heteroatoms. The molecule has 0 fully saturated rings. The van der Waals surface area contributed by atoms with E-state index < -0.39 is 0 Å². The molecular weight excluding hydrogens is 506 g/mol. The van der Waals surface area contributed by atoms with Gasteiger partial charge in [0.2, 0.25) is 0 Å². The van der Waals surface area contributed by atoms with E-state index in [1.54, 1.807) is 0 Å². The highest BCUT2D eigenvalue weighted by atomic mass is 14.6. The minimum atomic E-state index is 0.0278. The molecule has 0 aliphatic rings. The fourth-order valence-corrected chi connectivity index (χ4v) is 7.14. The average Bonchev–Trinajstić information content (AvgIpc) is 2.84. The maximum atomic E-state index is 7.41. The molecule has 0 aromatic heterocycles. The Morgan fingerprint density at radius 2 is 0.500 bits per heavy atom. The van der Waals surface area contributed by atoms with Crippen molar-refractivity contribution < 1.29 is 0 Å². The molecule has 0 bridgehead atoms. The number of nitrogens with two attached hydrogens (primary N) is 1. The van der Waals surface area contributed by atoms with E-state index >= 15 is 0 Å². The SMILES string of the molecule is Cc1cc(C)cc(C(c2cc(C)cc(C)c2)c2cc(C)cc(C(c3cc(C)cc(C)c3)c3cc(C)cc(C)c3)c2N)c1. The summed E-state index contributed by atoms with van der Waals surface area (Å²) in [4.78, 5) is 0. The highest BCUT2D eigenvalue weighted by Gasteiger charge is 2.27. The Labute approximate surface area is 253 Å². The molecule has 0 aliphatic heterocycles. The first kappa shape index (κ1) is 29.4. The number of aryl methyl sites for hydroxylation is 9. The zero-order valence-electron chi connectivity index (χ0n) is 26.8. The van der Waals surface area contributed by atoms with Crippen molar-refractivity contribution in [3.8, 4) is 0 Å². The van der Waals surface area contributed by atoms with E-state index in [2.05, 4.69) is 147 Å². The molecule has 0 atom stereocenters. The number of anilines is 1. The van der Waals surface area contributed by atoms with Crippen LogP contribution in [0.5, 0.6) is 0 Å². The van der Waals surface area contributed by atoms with Gasteiger partial charge in [0.15, 0.2) is 0 Å². The Morgan fingerprint density at radius 1 is 0.310 bits per heavy atom. The van der Waals surface area contributed by atoms with Gasteiger partial charge in [-0.3, -0.25) is 0 Å². The smallest absolute Gasteiger partial charge is 0.0398 e. The molecule has 0 heterocycles. The van der Waals surface area contributed by atoms with E-state index in [1.165, 1.54) is 83.5 Å². The number of hydrogen-bond acceptors (Lipinski definition) is 1. The van der Waals surface area contributed by atoms with Crippen molar-refractivity contribution >= 4 is 5.69 Å². The predicted molar refractivity (Wildman–Crippen MR) is 181 cm³/mol. The van der Waals surface area contributed by atoms with E-state index in [0.29, 0.717) is 0 Å². The van der Waals surface area contributed by atoms with Crippen molar-refractivity contribution in [2.45, 2.75) is 74.1 Å². The van der Waals surface area contributed by atoms with Gasteiger partial charge in [0.25, 0.3) is 0 Å². The second kappa shape index (κ2) is 11.6. The summed E-state index contributed by atoms with van der Waals surface area (Å²) in [6, 6.07) is 32.3. The number of nitrogen functional groups attached to an aromatic ring is 1. The van der Waals surface area contributed by atoms with E-state index in [9.17, 15) is 0 Å². The summed E-state index contributed by atoms with van der Waals surface area (Å²) in [6.45, 7) is 19.7. The van der Waals surface area contributed by atoms with Crippen LogP contribution in [0.1, 0.15) is 95.3 Å². The zero-order valence-corrected chi connectivity index (χ0v) is 26.8. The Bertz CT molecular complexity index is 1480. The molecule has 214 valence electrons. The summed E-state index contributed by atoms with van der Waals surface area (Å²) in [5.74, 6) is 0.0555. The molecule has 0 spiro atoms. The number of hydrogen-bond donors (Lipinski definition) is 1. The second-order valence-electron chi connectivity index (χ2n) is 12.9. The lowest BCUT2D eigenvalue weighted by atomic mass is 9.77. The van der Waals surface area contributed by atoms with Gasteiger partial charge >= 0.3 is 0 Å². The maximum Gasteiger partial charge on any atom is 0.0398 e. The lowest BCUT2D eigenvalue weighted by Gasteiger charge is -2.28. The number of rotatable bonds is 6. The summed E-state index contributed by atoms with van der Waals surface area (Å²) in [7, 11) is 0. The maximum absolute atomic E-state index is 7.41. The summed E-state index contributed by atoms with van der Waals surface area (Å²) in [5.41, 5.74) is 27.2. The highest BCUT2D eigenvalue weighted by Crippen LogP contribution is 2.44. The second-order valence-corrected chi connectivity index (χ2v) is 12.9. The lowest BCUT2D eigenvalue weighted by molar-refractivity contribution is 0.931. The lowest BCUT2D eigenvalue weighted by Crippen LogP contribution is -2.14. The Hall–Kier alpha value is -4.10. The fraction of sp³-hybridized carbons (Fsp3) is 0.268. The largest absolute Gasteiger partial charge is 0.398 e. The van der Waals surface area contributed by atoms with Crippen molar-refractivity contribution in [1.82, 2.24) is 0 Å². The average molecular weight is 552 g/mol. The minimum Gasteiger partial charge on any atom is -0.398 e. The van der Waals surface area contributed by atoms with Crippen LogP contribution in [0.25, 0.3) is 0 Å². The first-order valence-corrected chi connectivity index (χ1v) is 15.1. The van der Waals surface area contributed by atoms with Gasteiger partial charge in [-0.2, -0.15) is 0 Å². The Balaban J connectivity index is 1.83. The summed E-state index contributed by atoms with van der Waals surface area (Å²) in [6.07, 6.45) is 0. The highest BCUT2D eigenvalue weighted by molar-refractivity contribution is 5.66. The standard InChI is InChI=1S/C41H45N/c1-24-10-25(2)15-33(14-24)39(34-16-26(3)11-27(4)17-34)37-22-32(9)23-38(41(37)42)40(35-18-28(5)12-29(6)19-35)36-20-30(7)13-31(8)21-36/h10-23,39-40H,42H2,1-9H3. The first-order chi connectivity index (χ1) is 19.9. The fourth-order valence-electron chi connectivity index (χ4n) is 7.14. The monoisotopic (exact) mass is 551 g/mol. The number of benzene rings is 5. The van der Waals surface area contributed by atoms with Gasteiger partial charge in [0, 0.05) is 17.5 Å². The molecule has 5 aromatic carbocycles. The molecule has 1 nitrogen and oxygen atoms in total. The van der Waals surface area contributed by atoms with Crippen LogP contribution in [0.4, 0.5) is 5.69 Å². The van der Waals surface area contributed by atoms with Crippen molar-refractivity contribution in [3.63, 3.8) is 0 Å². The molecule has 0 amide bonds. The predicted octanol–water partition coefficient (Wildman–Crippen LogP) is 10.4. The van der Waals surface area contributed by atoms with Crippen molar-refractivity contribution in [2.75, 3.05) is 5.73 Å². The van der Waals surface area contributed by atoms with Gasteiger partial charge in [0.05, 0.1) is 0 Å². The normalized spacial score (nSPS) is 11.5. The van der Waals surface area contributed by atoms with Crippen molar-refractivity contribution in [2.24, 2.45) is 0 Å². The Kier molecular flexibility index (Phi) is 8.15. The molecule has 0 saturated heterocycles. The molecule has 0 aliphatic carbocycles. The quantitative estimate of drug-likeness (QED) is 0.165. The Morgan fingerprint density at radius 3 is 0.714 bits per heavy atom. The van der Waals surface area contributed by atoms with Crippen LogP contribution in [0, 0.1) is 62.3 Å². The van der Waals surface area contributed by atoms with Gasteiger partial charge < -0.3 is 5.73 Å². The van der Waals surface area contributed by atoms with E-state index in [0.717, 1.165) is 5.69 Å². The van der Waals surface area contributed by atoms with Crippen LogP contribution in [0.15, 0.2) is 84.9 Å². The molecule has 0 saturated carbocycles. The van der Waals surface area contributed by atoms with Gasteiger partial charge in [-0.15, -0.1) is 0 Å². The van der Waals surface area contributed by atoms with Crippen LogP contribution in [-0.2, 0) is 0 Å². The topological polar surface area (TPSA) is 26.0 Å². The van der Waals surface area contributed by atoms with Crippen molar-refractivity contribution in [1.29, 1.82) is 0 Å². The first-order valence-electron chi connectivity index (χ1n) is 15.1. The van der Waals surface area contributed by atoms with E-state index in [4.69, 9.17) is 5.73 Å². The summed E-state index contributed by atoms with van der Waals surface area (Å²) in [5, 5.41) is 0. The molecule has 5 rings (SSSR count). The van der Waals surface area contributed by atoms with Crippen LogP contribution >= 0.6 is 0 Å². The van der Waals surface area contributed by atoms with Crippen molar-refractivity contribution in [3.05, 3.63) is 168 Å². The third-order valence-corrected chi connectivity index (χ3v) is 8.32. The summed E-state index contributed by atoms with van der Waals surface area (Å²) >= 11 is 0. The van der Waals surface area contributed by atoms with Crippen LogP contribution < -0.4 is 5.73 Å². The van der Waals surface area contributed by atoms with Crippen LogP contribution in [0.3, 0.4) is 0 Å². The van der Waals surface area contributed by atoms with Gasteiger partial charge in [-0.1, -0.05) is 135 Å². The molecule has 5 aromatic rings. The molecule has 2 N–H and O–H groups in total.